The minimum absolute atomic E-state index is 0.503. The van der Waals surface area contributed by atoms with Crippen LogP contribution >= 0.6 is 11.8 Å². The lowest BCUT2D eigenvalue weighted by Crippen LogP contribution is -2.42. The van der Waals surface area contributed by atoms with Crippen LogP contribution in [0.1, 0.15) is 19.3 Å². The Morgan fingerprint density at radius 3 is 2.18 bits per heavy atom. The Bertz CT molecular complexity index is 257. The molecule has 0 aromatic heterocycles. The topological polar surface area (TPSA) is 65.0 Å². The van der Waals surface area contributed by atoms with Crippen molar-refractivity contribution in [2.75, 3.05) is 27.1 Å². The summed E-state index contributed by atoms with van der Waals surface area (Å²) in [6, 6.07) is 0.733. The third-order valence-electron chi connectivity index (χ3n) is 3.13. The van der Waals surface area contributed by atoms with Gasteiger partial charge in [0.15, 0.2) is 0 Å². The van der Waals surface area contributed by atoms with Crippen LogP contribution in [0.3, 0.4) is 0 Å². The van der Waals surface area contributed by atoms with Gasteiger partial charge < -0.3 is 18.4 Å². The van der Waals surface area contributed by atoms with Crippen LogP contribution < -0.4 is 0 Å². The summed E-state index contributed by atoms with van der Waals surface area (Å²) in [6.45, 7) is 0. The lowest BCUT2D eigenvalue weighted by Gasteiger charge is -2.24. The number of hydrogen-bond acceptors (Lipinski definition) is 5. The fourth-order valence-corrected chi connectivity index (χ4v) is 4.42. The minimum Gasteiger partial charge on any atom is -0.480 e. The highest BCUT2D eigenvalue weighted by Gasteiger charge is 2.51. The quantitative estimate of drug-likeness (QED) is 0.393. The Hall–Kier alpha value is -0.0831. The first kappa shape index (κ1) is 15.0. The molecule has 1 N–H and O–H groups in total. The monoisotopic (exact) mass is 280 g/mol. The summed E-state index contributed by atoms with van der Waals surface area (Å²) in [6.07, 6.45) is 2.45. The highest BCUT2D eigenvalue weighted by atomic mass is 32.2. The van der Waals surface area contributed by atoms with Gasteiger partial charge in [0.05, 0.1) is 0 Å². The van der Waals surface area contributed by atoms with Gasteiger partial charge in [0.25, 0.3) is 0 Å². The van der Waals surface area contributed by atoms with Gasteiger partial charge in [-0.15, -0.1) is 11.8 Å². The fourth-order valence-electron chi connectivity index (χ4n) is 1.77. The molecule has 7 heteroatoms. The Balaban J connectivity index is 2.26. The van der Waals surface area contributed by atoms with Gasteiger partial charge in [-0.25, -0.2) is 0 Å². The number of carbonyl (C=O) groups is 1. The number of rotatable bonds is 9. The third-order valence-corrected chi connectivity index (χ3v) is 7.33. The van der Waals surface area contributed by atoms with E-state index in [2.05, 4.69) is 0 Å². The summed E-state index contributed by atoms with van der Waals surface area (Å²) in [5, 5.41) is 9.02. The van der Waals surface area contributed by atoms with Crippen LogP contribution in [0.15, 0.2) is 0 Å². The summed E-state index contributed by atoms with van der Waals surface area (Å²) < 4.78 is 15.4. The van der Waals surface area contributed by atoms with Crippen LogP contribution in [0.5, 0.6) is 0 Å². The zero-order chi connectivity index (χ0) is 12.9. The van der Waals surface area contributed by atoms with Gasteiger partial charge in [-0.05, 0) is 12.8 Å². The Morgan fingerprint density at radius 2 is 1.82 bits per heavy atom. The van der Waals surface area contributed by atoms with E-state index in [4.69, 9.17) is 18.4 Å². The maximum atomic E-state index is 11.0. The molecule has 1 aliphatic heterocycles. The van der Waals surface area contributed by atoms with Crippen LogP contribution in [-0.4, -0.2) is 51.7 Å². The number of unbranched alkanes of at least 4 members (excludes halogenated alkanes) is 1. The third kappa shape index (κ3) is 3.69. The smallest absolute Gasteiger partial charge is 0.480 e. The van der Waals surface area contributed by atoms with Crippen molar-refractivity contribution in [2.45, 2.75) is 30.1 Å². The molecule has 5 nitrogen and oxygen atoms in total. The molecule has 0 radical (unpaired) electrons. The lowest BCUT2D eigenvalue weighted by molar-refractivity contribution is -0.138. The summed E-state index contributed by atoms with van der Waals surface area (Å²) in [5.74, 6) is 0.0558. The maximum absolute atomic E-state index is 11.0. The summed E-state index contributed by atoms with van der Waals surface area (Å²) in [4.78, 5) is 11.0. The van der Waals surface area contributed by atoms with Crippen LogP contribution in [0.4, 0.5) is 0 Å². The molecule has 1 heterocycles. The molecule has 1 fully saturated rings. The first-order chi connectivity index (χ1) is 8.04. The first-order valence-corrected chi connectivity index (χ1v) is 8.49. The molecule has 0 saturated carbocycles. The molecular formula is C10H20O5SSi. The lowest BCUT2D eigenvalue weighted by atomic mass is 10.1. The van der Waals surface area contributed by atoms with Crippen molar-refractivity contribution in [3.8, 4) is 0 Å². The summed E-state index contributed by atoms with van der Waals surface area (Å²) in [7, 11) is 2.30. The van der Waals surface area contributed by atoms with Crippen molar-refractivity contribution in [3.63, 3.8) is 0 Å². The zero-order valence-electron chi connectivity index (χ0n) is 10.5. The van der Waals surface area contributed by atoms with Crippen molar-refractivity contribution in [1.29, 1.82) is 0 Å². The van der Waals surface area contributed by atoms with E-state index in [1.54, 1.807) is 21.3 Å². The first-order valence-electron chi connectivity index (χ1n) is 5.57. The molecule has 0 aromatic carbocycles. The second-order valence-corrected chi connectivity index (χ2v) is 8.54. The molecular weight excluding hydrogens is 260 g/mol. The second-order valence-electron chi connectivity index (χ2n) is 4.09. The predicted molar refractivity (Wildman–Crippen MR) is 68.3 cm³/mol. The molecule has 0 aromatic rings. The fraction of sp³-hybridized carbons (Fsp3) is 0.900. The molecule has 17 heavy (non-hydrogen) atoms. The number of hydrogen-bond donors (Lipinski definition) is 1. The molecule has 0 bridgehead atoms. The van der Waals surface area contributed by atoms with Crippen molar-refractivity contribution in [2.24, 2.45) is 0 Å². The van der Waals surface area contributed by atoms with Gasteiger partial charge in [-0.1, -0.05) is 6.42 Å². The van der Waals surface area contributed by atoms with Gasteiger partial charge >= 0.3 is 14.8 Å². The standard InChI is InChI=1S/C10H20O5SSi/c1-13-17(14-2,15-3)7-5-4-6-10(8-16-10)9(11)12/h4-8H2,1-3H3,(H,11,12). The molecule has 1 unspecified atom stereocenters. The Morgan fingerprint density at radius 1 is 1.29 bits per heavy atom. The average molecular weight is 280 g/mol. The van der Waals surface area contributed by atoms with E-state index < -0.39 is 19.5 Å². The van der Waals surface area contributed by atoms with Gasteiger partial charge in [-0.2, -0.15) is 0 Å². The van der Waals surface area contributed by atoms with Crippen LogP contribution in [0.2, 0.25) is 6.04 Å². The zero-order valence-corrected chi connectivity index (χ0v) is 12.3. The van der Waals surface area contributed by atoms with Gasteiger partial charge in [0.1, 0.15) is 4.75 Å². The van der Waals surface area contributed by atoms with Crippen molar-refractivity contribution >= 4 is 26.5 Å². The molecule has 0 amide bonds. The number of aliphatic carboxylic acids is 1. The summed E-state index contributed by atoms with van der Waals surface area (Å²) >= 11 is 1.52. The van der Waals surface area contributed by atoms with Crippen molar-refractivity contribution < 1.29 is 23.2 Å². The molecule has 0 spiro atoms. The van der Waals surface area contributed by atoms with E-state index in [9.17, 15) is 4.79 Å². The van der Waals surface area contributed by atoms with Crippen LogP contribution in [0, 0.1) is 0 Å². The number of carboxylic acids is 1. The van der Waals surface area contributed by atoms with Gasteiger partial charge in [0, 0.05) is 33.1 Å². The highest BCUT2D eigenvalue weighted by Crippen LogP contribution is 2.48. The molecule has 100 valence electrons. The number of carboxylic acid groups (broad SMARTS) is 1. The van der Waals surface area contributed by atoms with Crippen LogP contribution in [-0.2, 0) is 18.1 Å². The summed E-state index contributed by atoms with van der Waals surface area (Å²) in [5.41, 5.74) is 0. The Labute approximate surface area is 107 Å². The molecule has 1 atom stereocenters. The van der Waals surface area contributed by atoms with Crippen molar-refractivity contribution in [3.05, 3.63) is 0 Å². The highest BCUT2D eigenvalue weighted by molar-refractivity contribution is 8.08. The normalized spacial score (nSPS) is 23.7. The molecule has 0 aliphatic carbocycles. The number of thioether (sulfide) groups is 1. The van der Waals surface area contributed by atoms with Crippen LogP contribution in [0.25, 0.3) is 0 Å². The molecule has 1 rings (SSSR count). The van der Waals surface area contributed by atoms with Gasteiger partial charge in [-0.3, -0.25) is 4.79 Å². The Kier molecular flexibility index (Phi) is 5.45. The molecule has 1 aliphatic rings. The van der Waals surface area contributed by atoms with E-state index in [0.29, 0.717) is 6.42 Å². The van der Waals surface area contributed by atoms with E-state index >= 15 is 0 Å². The van der Waals surface area contributed by atoms with E-state index in [1.807, 2.05) is 0 Å². The predicted octanol–water partition coefficient (Wildman–Crippen LogP) is 1.60. The van der Waals surface area contributed by atoms with Crippen molar-refractivity contribution in [1.82, 2.24) is 0 Å². The van der Waals surface area contributed by atoms with E-state index in [-0.39, 0.29) is 0 Å². The molecule has 1 saturated heterocycles. The average Bonchev–Trinajstić information content (AvgIpc) is 3.12. The second kappa shape index (κ2) is 6.19. The SMILES string of the molecule is CO[Si](CCCCC1(C(=O)O)CS1)(OC)OC. The van der Waals surface area contributed by atoms with E-state index in [1.165, 1.54) is 11.8 Å². The largest absolute Gasteiger partial charge is 0.500 e. The maximum Gasteiger partial charge on any atom is 0.500 e. The minimum atomic E-state index is -2.47. The van der Waals surface area contributed by atoms with Gasteiger partial charge in [0.2, 0.25) is 0 Å². The van der Waals surface area contributed by atoms with E-state index in [0.717, 1.165) is 24.6 Å².